The van der Waals surface area contributed by atoms with Crippen LogP contribution in [0.5, 0.6) is 0 Å². The lowest BCUT2D eigenvalue weighted by atomic mass is 10.1. The molecule has 0 spiro atoms. The summed E-state index contributed by atoms with van der Waals surface area (Å²) in [4.78, 5) is 16.2. The number of ether oxygens (including phenoxy) is 1. The van der Waals surface area contributed by atoms with E-state index in [-0.39, 0.29) is 5.56 Å². The van der Waals surface area contributed by atoms with E-state index in [1.54, 1.807) is 36.2 Å². The van der Waals surface area contributed by atoms with Crippen molar-refractivity contribution in [2.45, 2.75) is 13.0 Å². The van der Waals surface area contributed by atoms with E-state index in [0.717, 1.165) is 28.8 Å². The van der Waals surface area contributed by atoms with Crippen LogP contribution < -0.4 is 5.56 Å². The van der Waals surface area contributed by atoms with Gasteiger partial charge in [-0.3, -0.25) is 9.78 Å². The molecule has 4 nitrogen and oxygen atoms in total. The molecule has 2 heterocycles. The molecule has 0 atom stereocenters. The van der Waals surface area contributed by atoms with E-state index >= 15 is 0 Å². The van der Waals surface area contributed by atoms with Crippen molar-refractivity contribution in [3.63, 3.8) is 0 Å². The molecule has 0 N–H and O–H groups in total. The van der Waals surface area contributed by atoms with Crippen molar-refractivity contribution in [2.75, 3.05) is 7.11 Å². The van der Waals surface area contributed by atoms with Gasteiger partial charge in [0, 0.05) is 36.1 Å². The van der Waals surface area contributed by atoms with E-state index in [1.807, 2.05) is 30.3 Å². The first-order chi connectivity index (χ1) is 12.2. The van der Waals surface area contributed by atoms with Crippen molar-refractivity contribution in [1.29, 1.82) is 0 Å². The number of benzene rings is 1. The van der Waals surface area contributed by atoms with E-state index in [2.05, 4.69) is 23.7 Å². The molecule has 0 amide bonds. The molecule has 1 aromatic carbocycles. The molecule has 0 aliphatic carbocycles. The maximum Gasteiger partial charge on any atom is 0.250 e. The van der Waals surface area contributed by atoms with Gasteiger partial charge in [-0.05, 0) is 29.3 Å². The minimum atomic E-state index is 0.00552. The summed E-state index contributed by atoms with van der Waals surface area (Å²) >= 11 is 0. The van der Waals surface area contributed by atoms with E-state index in [1.165, 1.54) is 0 Å². The van der Waals surface area contributed by atoms with Gasteiger partial charge in [-0.1, -0.05) is 36.9 Å². The number of methoxy groups -OCH3 is 1. The fourth-order valence-corrected chi connectivity index (χ4v) is 2.63. The number of pyridine rings is 2. The number of hydrogen-bond acceptors (Lipinski definition) is 3. The van der Waals surface area contributed by atoms with Gasteiger partial charge in [-0.2, -0.15) is 0 Å². The third kappa shape index (κ3) is 4.23. The second-order valence-electron chi connectivity index (χ2n) is 5.82. The summed E-state index contributed by atoms with van der Waals surface area (Å²) in [6, 6.07) is 17.3. The fourth-order valence-electron chi connectivity index (χ4n) is 2.63. The lowest BCUT2D eigenvalue weighted by Gasteiger charge is -2.08. The van der Waals surface area contributed by atoms with Crippen molar-refractivity contribution >= 4 is 5.76 Å². The van der Waals surface area contributed by atoms with Crippen LogP contribution in [0.1, 0.15) is 22.4 Å². The maximum atomic E-state index is 11.8. The molecular formula is C21H20N2O2. The number of aromatic nitrogens is 2. The Labute approximate surface area is 147 Å². The second-order valence-corrected chi connectivity index (χ2v) is 5.82. The molecule has 2 aromatic heterocycles. The van der Waals surface area contributed by atoms with Crippen LogP contribution in [0.3, 0.4) is 0 Å². The van der Waals surface area contributed by atoms with Crippen LogP contribution in [-0.2, 0) is 17.7 Å². The van der Waals surface area contributed by atoms with E-state index < -0.39 is 0 Å². The Morgan fingerprint density at radius 3 is 2.60 bits per heavy atom. The molecule has 0 unspecified atom stereocenters. The highest BCUT2D eigenvalue weighted by molar-refractivity contribution is 5.57. The monoisotopic (exact) mass is 332 g/mol. The number of nitrogens with zero attached hydrogens (tertiary/aromatic N) is 2. The molecule has 0 saturated heterocycles. The van der Waals surface area contributed by atoms with Gasteiger partial charge in [0.05, 0.1) is 13.7 Å². The number of rotatable bonds is 6. The highest BCUT2D eigenvalue weighted by atomic mass is 16.5. The maximum absolute atomic E-state index is 11.8. The molecule has 0 saturated carbocycles. The summed E-state index contributed by atoms with van der Waals surface area (Å²) in [6.45, 7) is 4.44. The fraction of sp³-hybridized carbons (Fsp3) is 0.143. The highest BCUT2D eigenvalue weighted by Gasteiger charge is 2.03. The molecule has 126 valence electrons. The van der Waals surface area contributed by atoms with Crippen LogP contribution in [0.4, 0.5) is 0 Å². The Morgan fingerprint density at radius 2 is 1.88 bits per heavy atom. The summed E-state index contributed by atoms with van der Waals surface area (Å²) < 4.78 is 6.86. The minimum Gasteiger partial charge on any atom is -0.497 e. The van der Waals surface area contributed by atoms with Gasteiger partial charge < -0.3 is 9.30 Å². The van der Waals surface area contributed by atoms with Gasteiger partial charge in [0.15, 0.2) is 0 Å². The largest absolute Gasteiger partial charge is 0.497 e. The minimum absolute atomic E-state index is 0.00552. The zero-order valence-corrected chi connectivity index (χ0v) is 14.2. The van der Waals surface area contributed by atoms with E-state index in [4.69, 9.17) is 4.74 Å². The topological polar surface area (TPSA) is 44.1 Å². The van der Waals surface area contributed by atoms with Crippen LogP contribution in [0.15, 0.2) is 78.4 Å². The average molecular weight is 332 g/mol. The van der Waals surface area contributed by atoms with Crippen LogP contribution >= 0.6 is 0 Å². The first-order valence-corrected chi connectivity index (χ1v) is 8.07. The van der Waals surface area contributed by atoms with Crippen molar-refractivity contribution in [1.82, 2.24) is 9.55 Å². The zero-order chi connectivity index (χ0) is 17.6. The molecule has 25 heavy (non-hydrogen) atoms. The summed E-state index contributed by atoms with van der Waals surface area (Å²) in [5.74, 6) is 0.632. The smallest absolute Gasteiger partial charge is 0.250 e. The third-order valence-electron chi connectivity index (χ3n) is 4.05. The molecule has 4 heteroatoms. The first kappa shape index (κ1) is 16.7. The Morgan fingerprint density at radius 1 is 1.12 bits per heavy atom. The second kappa shape index (κ2) is 7.62. The standard InChI is InChI=1S/C21H20N2O2/c1-16(25-2)19-10-11-22-20(14-19)13-17-6-8-18(9-7-17)15-23-12-4-3-5-21(23)24/h3-12,14H,1,13,15H2,2H3. The zero-order valence-electron chi connectivity index (χ0n) is 14.2. The lowest BCUT2D eigenvalue weighted by molar-refractivity contribution is 0.371. The van der Waals surface area contributed by atoms with E-state index in [9.17, 15) is 4.79 Å². The van der Waals surface area contributed by atoms with Crippen molar-refractivity contribution in [3.05, 3.63) is 106 Å². The Kier molecular flexibility index (Phi) is 5.09. The molecule has 3 aromatic rings. The Hall–Kier alpha value is -3.14. The molecule has 0 aliphatic heterocycles. The van der Waals surface area contributed by atoms with Crippen molar-refractivity contribution in [3.8, 4) is 0 Å². The highest BCUT2D eigenvalue weighted by Crippen LogP contribution is 2.16. The van der Waals surface area contributed by atoms with Gasteiger partial charge in [0.25, 0.3) is 5.56 Å². The summed E-state index contributed by atoms with van der Waals surface area (Å²) in [7, 11) is 1.61. The average Bonchev–Trinajstić information content (AvgIpc) is 2.65. The van der Waals surface area contributed by atoms with Gasteiger partial charge in [-0.15, -0.1) is 0 Å². The first-order valence-electron chi connectivity index (χ1n) is 8.07. The molecule has 0 aliphatic rings. The molecule has 0 fully saturated rings. The SMILES string of the molecule is C=C(OC)c1ccnc(Cc2ccc(Cn3ccccc3=O)cc2)c1. The van der Waals surface area contributed by atoms with Gasteiger partial charge >= 0.3 is 0 Å². The number of hydrogen-bond donors (Lipinski definition) is 0. The van der Waals surface area contributed by atoms with Crippen LogP contribution in [0.25, 0.3) is 5.76 Å². The lowest BCUT2D eigenvalue weighted by Crippen LogP contribution is -2.18. The molecule has 0 radical (unpaired) electrons. The Bertz CT molecular complexity index is 927. The molecular weight excluding hydrogens is 312 g/mol. The molecule has 0 bridgehead atoms. The van der Waals surface area contributed by atoms with Crippen molar-refractivity contribution < 1.29 is 4.74 Å². The quantitative estimate of drug-likeness (QED) is 0.649. The van der Waals surface area contributed by atoms with E-state index in [0.29, 0.717) is 12.3 Å². The summed E-state index contributed by atoms with van der Waals surface area (Å²) in [5.41, 5.74) is 4.16. The third-order valence-corrected chi connectivity index (χ3v) is 4.05. The van der Waals surface area contributed by atoms with Gasteiger partial charge in [-0.25, -0.2) is 0 Å². The van der Waals surface area contributed by atoms with Crippen LogP contribution in [-0.4, -0.2) is 16.7 Å². The molecule has 3 rings (SSSR count). The van der Waals surface area contributed by atoms with Crippen molar-refractivity contribution in [2.24, 2.45) is 0 Å². The van der Waals surface area contributed by atoms with Gasteiger partial charge in [0.1, 0.15) is 5.76 Å². The summed E-state index contributed by atoms with van der Waals surface area (Å²) in [5, 5.41) is 0. The van der Waals surface area contributed by atoms with Crippen LogP contribution in [0, 0.1) is 0 Å². The summed E-state index contributed by atoms with van der Waals surface area (Å²) in [6.07, 6.45) is 4.30. The predicted molar refractivity (Wildman–Crippen MR) is 99.3 cm³/mol. The van der Waals surface area contributed by atoms with Gasteiger partial charge in [0.2, 0.25) is 0 Å². The van der Waals surface area contributed by atoms with Crippen LogP contribution in [0.2, 0.25) is 0 Å². The normalized spacial score (nSPS) is 10.4. The predicted octanol–water partition coefficient (Wildman–Crippen LogP) is 3.50. The Balaban J connectivity index is 1.72.